The highest BCUT2D eigenvalue weighted by Gasteiger charge is 2.34. The molecule has 3 rings (SSSR count). The summed E-state index contributed by atoms with van der Waals surface area (Å²) >= 11 is 14.8. The molecule has 24 heavy (non-hydrogen) atoms. The summed E-state index contributed by atoms with van der Waals surface area (Å²) in [6.07, 6.45) is 1.30. The van der Waals surface area contributed by atoms with Crippen molar-refractivity contribution >= 4 is 50.5 Å². The van der Waals surface area contributed by atoms with Gasteiger partial charge >= 0.3 is 0 Å². The van der Waals surface area contributed by atoms with Crippen LogP contribution in [0.25, 0.3) is 0 Å². The van der Waals surface area contributed by atoms with Gasteiger partial charge in [-0.2, -0.15) is 0 Å². The lowest BCUT2D eigenvalue weighted by molar-refractivity contribution is -0.0117. The Morgan fingerprint density at radius 1 is 1.08 bits per heavy atom. The van der Waals surface area contributed by atoms with E-state index in [4.69, 9.17) is 23.8 Å². The highest BCUT2D eigenvalue weighted by Crippen LogP contribution is 2.33. The van der Waals surface area contributed by atoms with E-state index in [1.807, 2.05) is 48.5 Å². The van der Waals surface area contributed by atoms with Gasteiger partial charge in [-0.05, 0) is 67.0 Å². The summed E-state index contributed by atoms with van der Waals surface area (Å²) in [6, 6.07) is 15.3. The van der Waals surface area contributed by atoms with E-state index in [1.54, 1.807) is 0 Å². The molecule has 1 saturated heterocycles. The zero-order valence-corrected chi connectivity index (χ0v) is 16.2. The number of hydrogen-bond acceptors (Lipinski definition) is 2. The number of likely N-dealkylation sites (tertiary alicyclic amines) is 1. The average molecular weight is 426 g/mol. The van der Waals surface area contributed by atoms with Crippen LogP contribution in [0.3, 0.4) is 0 Å². The van der Waals surface area contributed by atoms with Crippen LogP contribution in [0.2, 0.25) is 5.02 Å². The zero-order chi connectivity index (χ0) is 17.2. The number of anilines is 1. The van der Waals surface area contributed by atoms with Gasteiger partial charge in [0.2, 0.25) is 0 Å². The first-order chi connectivity index (χ1) is 11.5. The van der Waals surface area contributed by atoms with E-state index in [0.717, 1.165) is 15.7 Å². The highest BCUT2D eigenvalue weighted by atomic mass is 79.9. The Hall–Kier alpha value is -1.14. The Bertz CT molecular complexity index is 713. The van der Waals surface area contributed by atoms with E-state index in [-0.39, 0.29) is 0 Å². The van der Waals surface area contributed by atoms with Gasteiger partial charge < -0.3 is 15.3 Å². The summed E-state index contributed by atoms with van der Waals surface area (Å²) in [5, 5.41) is 15.5. The average Bonchev–Trinajstić information content (AvgIpc) is 2.58. The van der Waals surface area contributed by atoms with Crippen molar-refractivity contribution in [1.82, 2.24) is 4.90 Å². The topological polar surface area (TPSA) is 35.5 Å². The molecule has 1 aliphatic heterocycles. The predicted octanol–water partition coefficient (Wildman–Crippen LogP) is 4.78. The molecule has 1 heterocycles. The lowest BCUT2D eigenvalue weighted by atomic mass is 9.84. The molecule has 2 aromatic rings. The predicted molar refractivity (Wildman–Crippen MR) is 107 cm³/mol. The normalized spacial score (nSPS) is 16.7. The number of aliphatic hydroxyl groups is 1. The molecule has 6 heteroatoms. The van der Waals surface area contributed by atoms with Crippen LogP contribution >= 0.6 is 39.7 Å². The Kier molecular flexibility index (Phi) is 5.45. The van der Waals surface area contributed by atoms with Crippen molar-refractivity contribution in [3.05, 3.63) is 63.6 Å². The molecule has 126 valence electrons. The van der Waals surface area contributed by atoms with Gasteiger partial charge in [-0.25, -0.2) is 0 Å². The third-order valence-electron chi connectivity index (χ3n) is 4.35. The fraction of sp³-hybridized carbons (Fsp3) is 0.278. The van der Waals surface area contributed by atoms with Gasteiger partial charge in [0.1, 0.15) is 0 Å². The summed E-state index contributed by atoms with van der Waals surface area (Å²) in [5.74, 6) is 0. The van der Waals surface area contributed by atoms with Crippen molar-refractivity contribution in [1.29, 1.82) is 0 Å². The molecule has 0 radical (unpaired) electrons. The monoisotopic (exact) mass is 424 g/mol. The maximum atomic E-state index is 10.9. The number of piperidine rings is 1. The number of benzene rings is 2. The summed E-state index contributed by atoms with van der Waals surface area (Å²) in [6.45, 7) is 1.43. The first kappa shape index (κ1) is 17.7. The number of nitrogens with zero attached hydrogens (tertiary/aromatic N) is 1. The fourth-order valence-corrected chi connectivity index (χ4v) is 3.56. The van der Waals surface area contributed by atoms with Gasteiger partial charge in [-0.3, -0.25) is 0 Å². The summed E-state index contributed by atoms with van der Waals surface area (Å²) < 4.78 is 1.01. The van der Waals surface area contributed by atoms with Crippen molar-refractivity contribution in [3.63, 3.8) is 0 Å². The molecule has 2 aromatic carbocycles. The van der Waals surface area contributed by atoms with Crippen LogP contribution < -0.4 is 5.32 Å². The van der Waals surface area contributed by atoms with Crippen molar-refractivity contribution < 1.29 is 5.11 Å². The van der Waals surface area contributed by atoms with Crippen molar-refractivity contribution in [2.75, 3.05) is 18.4 Å². The van der Waals surface area contributed by atoms with E-state index in [1.165, 1.54) is 0 Å². The molecule has 0 bridgehead atoms. The molecule has 0 unspecified atom stereocenters. The third kappa shape index (κ3) is 4.09. The Morgan fingerprint density at radius 2 is 1.67 bits per heavy atom. The second-order valence-corrected chi connectivity index (χ2v) is 7.70. The van der Waals surface area contributed by atoms with Crippen LogP contribution in [0, 0.1) is 0 Å². The van der Waals surface area contributed by atoms with Crippen LogP contribution in [-0.2, 0) is 5.60 Å². The second kappa shape index (κ2) is 7.40. The Balaban J connectivity index is 1.60. The fourth-order valence-electron chi connectivity index (χ4n) is 2.86. The summed E-state index contributed by atoms with van der Waals surface area (Å²) in [4.78, 5) is 2.09. The first-order valence-corrected chi connectivity index (χ1v) is 9.34. The molecule has 0 aliphatic carbocycles. The third-order valence-corrected chi connectivity index (χ3v) is 5.50. The molecule has 0 saturated carbocycles. The van der Waals surface area contributed by atoms with E-state index in [9.17, 15) is 5.11 Å². The van der Waals surface area contributed by atoms with Crippen molar-refractivity contribution in [2.45, 2.75) is 18.4 Å². The molecular weight excluding hydrogens is 408 g/mol. The number of rotatable bonds is 2. The van der Waals surface area contributed by atoms with Crippen LogP contribution in [0.4, 0.5) is 5.69 Å². The molecule has 0 atom stereocenters. The van der Waals surface area contributed by atoms with E-state index < -0.39 is 5.60 Å². The molecule has 0 spiro atoms. The van der Waals surface area contributed by atoms with Gasteiger partial charge in [0.15, 0.2) is 5.11 Å². The van der Waals surface area contributed by atoms with Crippen LogP contribution in [-0.4, -0.2) is 28.2 Å². The lowest BCUT2D eigenvalue weighted by Gasteiger charge is -2.39. The maximum absolute atomic E-state index is 10.9. The smallest absolute Gasteiger partial charge is 0.173 e. The van der Waals surface area contributed by atoms with Gasteiger partial charge in [-0.1, -0.05) is 39.7 Å². The minimum atomic E-state index is -0.785. The molecule has 2 N–H and O–H groups in total. The highest BCUT2D eigenvalue weighted by molar-refractivity contribution is 9.10. The maximum Gasteiger partial charge on any atom is 0.173 e. The van der Waals surface area contributed by atoms with Gasteiger partial charge in [0.05, 0.1) is 5.60 Å². The minimum Gasteiger partial charge on any atom is -0.385 e. The molecule has 1 aliphatic rings. The molecule has 3 nitrogen and oxygen atoms in total. The summed E-state index contributed by atoms with van der Waals surface area (Å²) in [5.41, 5.74) is 1.09. The largest absolute Gasteiger partial charge is 0.385 e. The minimum absolute atomic E-state index is 0.650. The lowest BCUT2D eigenvalue weighted by Crippen LogP contribution is -2.46. The SMILES string of the molecule is OC1(c2ccc(Br)cc2)CCN(C(=S)Nc2ccc(Cl)cc2)CC1. The Labute approximate surface area is 160 Å². The van der Waals surface area contributed by atoms with Crippen LogP contribution in [0.1, 0.15) is 18.4 Å². The molecule has 1 fully saturated rings. The van der Waals surface area contributed by atoms with Gasteiger partial charge in [0.25, 0.3) is 0 Å². The first-order valence-electron chi connectivity index (χ1n) is 7.76. The standard InChI is InChI=1S/C18H18BrClN2OS/c19-14-3-1-13(2-4-14)18(23)9-11-22(12-10-18)17(24)21-16-7-5-15(20)6-8-16/h1-8,23H,9-12H2,(H,21,24). The van der Waals surface area contributed by atoms with Crippen LogP contribution in [0.15, 0.2) is 53.0 Å². The van der Waals surface area contributed by atoms with E-state index in [2.05, 4.69) is 26.1 Å². The van der Waals surface area contributed by atoms with Crippen molar-refractivity contribution in [3.8, 4) is 0 Å². The molecular formula is C18H18BrClN2OS. The number of nitrogens with one attached hydrogen (secondary N) is 1. The van der Waals surface area contributed by atoms with E-state index >= 15 is 0 Å². The molecule has 0 aromatic heterocycles. The van der Waals surface area contributed by atoms with E-state index in [0.29, 0.717) is 36.1 Å². The van der Waals surface area contributed by atoms with Crippen molar-refractivity contribution in [2.24, 2.45) is 0 Å². The zero-order valence-electron chi connectivity index (χ0n) is 13.0. The Morgan fingerprint density at radius 3 is 2.25 bits per heavy atom. The van der Waals surface area contributed by atoms with Gasteiger partial charge in [0, 0.05) is 28.3 Å². The number of hydrogen-bond donors (Lipinski definition) is 2. The second-order valence-electron chi connectivity index (χ2n) is 5.96. The number of thiocarbonyl (C=S) groups is 1. The van der Waals surface area contributed by atoms with Crippen LogP contribution in [0.5, 0.6) is 0 Å². The van der Waals surface area contributed by atoms with Gasteiger partial charge in [-0.15, -0.1) is 0 Å². The molecule has 0 amide bonds. The summed E-state index contributed by atoms with van der Waals surface area (Å²) in [7, 11) is 0. The quantitative estimate of drug-likeness (QED) is 0.679. The number of halogens is 2.